The highest BCUT2D eigenvalue weighted by atomic mass is 35.5. The van der Waals surface area contributed by atoms with Gasteiger partial charge in [-0.1, -0.05) is 35.3 Å². The first-order valence-corrected chi connectivity index (χ1v) is 10.4. The summed E-state index contributed by atoms with van der Waals surface area (Å²) < 4.78 is 42.5. The van der Waals surface area contributed by atoms with E-state index in [9.17, 15) is 22.8 Å². The number of nitrogens with one attached hydrogen (secondary N) is 2. The summed E-state index contributed by atoms with van der Waals surface area (Å²) in [6.07, 6.45) is -2.73. The fourth-order valence-corrected chi connectivity index (χ4v) is 3.85. The molecule has 1 aromatic carbocycles. The number of hydrogen-bond acceptors (Lipinski definition) is 4. The summed E-state index contributed by atoms with van der Waals surface area (Å²) in [6.45, 7) is 0. The molecule has 0 aliphatic heterocycles. The van der Waals surface area contributed by atoms with Gasteiger partial charge >= 0.3 is 6.18 Å². The zero-order chi connectivity index (χ0) is 24.5. The van der Waals surface area contributed by atoms with E-state index in [1.54, 1.807) is 18.2 Å². The fourth-order valence-electron chi connectivity index (χ4n) is 3.29. The van der Waals surface area contributed by atoms with Gasteiger partial charge < -0.3 is 15.0 Å². The molecule has 3 heterocycles. The zero-order valence-corrected chi connectivity index (χ0v) is 19.8. The molecule has 0 saturated carbocycles. The van der Waals surface area contributed by atoms with Gasteiger partial charge in [0.2, 0.25) is 5.91 Å². The Morgan fingerprint density at radius 1 is 0.971 bits per heavy atom. The summed E-state index contributed by atoms with van der Waals surface area (Å²) >= 11 is 12.1. The van der Waals surface area contributed by atoms with Crippen LogP contribution in [0.2, 0.25) is 10.0 Å². The lowest BCUT2D eigenvalue weighted by atomic mass is 10.2. The number of amides is 2. The molecule has 0 unspecified atom stereocenters. The minimum atomic E-state index is -4.85. The van der Waals surface area contributed by atoms with Crippen molar-refractivity contribution in [3.63, 3.8) is 0 Å². The van der Waals surface area contributed by atoms with Crippen LogP contribution < -0.4 is 10.6 Å². The number of fused-ring (bicyclic) bond motifs is 1. The first kappa shape index (κ1) is 26.3. The van der Waals surface area contributed by atoms with E-state index in [0.29, 0.717) is 0 Å². The van der Waals surface area contributed by atoms with Crippen molar-refractivity contribution in [1.29, 1.82) is 0 Å². The minimum absolute atomic E-state index is 0. The number of aromatic nitrogens is 3. The third-order valence-electron chi connectivity index (χ3n) is 4.72. The van der Waals surface area contributed by atoms with Crippen LogP contribution in [-0.2, 0) is 17.4 Å². The maximum absolute atomic E-state index is 13.8. The molecule has 4 rings (SSSR count). The van der Waals surface area contributed by atoms with Crippen LogP contribution in [0, 0.1) is 0 Å². The number of carbonyl (C=O) groups is 2. The van der Waals surface area contributed by atoms with Gasteiger partial charge in [0, 0.05) is 12.4 Å². The van der Waals surface area contributed by atoms with Gasteiger partial charge in [-0.2, -0.15) is 13.2 Å². The molecule has 4 aromatic rings. The number of nitrogens with zero attached hydrogens (tertiary/aromatic N) is 3. The molecule has 0 saturated heterocycles. The molecule has 0 aliphatic carbocycles. The van der Waals surface area contributed by atoms with Crippen molar-refractivity contribution in [1.82, 2.24) is 14.4 Å². The lowest BCUT2D eigenvalue weighted by Crippen LogP contribution is -2.19. The van der Waals surface area contributed by atoms with Gasteiger partial charge in [-0.25, -0.2) is 9.97 Å². The number of carbonyl (C=O) groups excluding carboxylic acids is 2. The van der Waals surface area contributed by atoms with Crippen molar-refractivity contribution in [3.05, 3.63) is 87.9 Å². The molecule has 0 bridgehead atoms. The van der Waals surface area contributed by atoms with Crippen molar-refractivity contribution < 1.29 is 22.8 Å². The van der Waals surface area contributed by atoms with E-state index in [2.05, 4.69) is 20.6 Å². The first-order chi connectivity index (χ1) is 16.1. The minimum Gasteiger partial charge on any atom is -0.319 e. The average molecular weight is 545 g/mol. The van der Waals surface area contributed by atoms with Gasteiger partial charge in [0.25, 0.3) is 5.91 Å². The number of anilines is 2. The zero-order valence-electron chi connectivity index (χ0n) is 17.4. The summed E-state index contributed by atoms with van der Waals surface area (Å²) in [4.78, 5) is 32.8. The van der Waals surface area contributed by atoms with Crippen molar-refractivity contribution in [3.8, 4) is 0 Å². The normalized spacial score (nSPS) is 11.1. The number of benzene rings is 1. The first-order valence-electron chi connectivity index (χ1n) is 9.68. The van der Waals surface area contributed by atoms with Gasteiger partial charge in [0.05, 0.1) is 33.4 Å². The van der Waals surface area contributed by atoms with Crippen molar-refractivity contribution in [2.75, 3.05) is 10.6 Å². The Balaban J connectivity index is 0.00000342. The van der Waals surface area contributed by atoms with Crippen LogP contribution in [0.25, 0.3) is 5.65 Å². The van der Waals surface area contributed by atoms with E-state index in [-0.39, 0.29) is 45.2 Å². The Hall–Kier alpha value is -3.34. The number of rotatable bonds is 5. The molecular weight excluding hydrogens is 530 g/mol. The second-order valence-corrected chi connectivity index (χ2v) is 7.83. The molecule has 0 spiro atoms. The number of imidazole rings is 1. The molecule has 0 atom stereocenters. The predicted molar refractivity (Wildman–Crippen MR) is 128 cm³/mol. The van der Waals surface area contributed by atoms with Gasteiger partial charge in [0.1, 0.15) is 5.82 Å². The van der Waals surface area contributed by atoms with E-state index >= 15 is 0 Å². The Morgan fingerprint density at radius 3 is 2.31 bits per heavy atom. The second kappa shape index (κ2) is 10.5. The molecule has 7 nitrogen and oxygen atoms in total. The van der Waals surface area contributed by atoms with Crippen LogP contribution in [0.5, 0.6) is 0 Å². The van der Waals surface area contributed by atoms with Crippen LogP contribution in [0.1, 0.15) is 21.7 Å². The molecule has 2 amide bonds. The molecule has 0 radical (unpaired) electrons. The average Bonchev–Trinajstić information content (AvgIpc) is 3.14. The van der Waals surface area contributed by atoms with Crippen LogP contribution in [-0.4, -0.2) is 26.2 Å². The smallest absolute Gasteiger partial charge is 0.319 e. The van der Waals surface area contributed by atoms with Crippen LogP contribution in [0.3, 0.4) is 0 Å². The molecule has 2 N–H and O–H groups in total. The fraction of sp³-hybridized carbons (Fsp3) is 0.0909. The van der Waals surface area contributed by atoms with E-state index in [1.807, 2.05) is 0 Å². The molecule has 35 heavy (non-hydrogen) atoms. The molecule has 3 aromatic heterocycles. The SMILES string of the molecule is Cl.O=C(Cc1c(C(F)(F)F)nc2c(NC(=O)c3c(Cl)cccc3Cl)cccn12)Nc1ccccn1. The van der Waals surface area contributed by atoms with Crippen LogP contribution in [0.15, 0.2) is 60.9 Å². The number of alkyl halides is 3. The van der Waals surface area contributed by atoms with Crippen molar-refractivity contribution in [2.24, 2.45) is 0 Å². The van der Waals surface area contributed by atoms with E-state index in [1.165, 1.54) is 42.7 Å². The molecular formula is C22H15Cl3F3N5O2. The van der Waals surface area contributed by atoms with Gasteiger partial charge in [-0.15, -0.1) is 12.4 Å². The number of hydrogen-bond donors (Lipinski definition) is 2. The summed E-state index contributed by atoms with van der Waals surface area (Å²) in [5.74, 6) is -1.25. The highest BCUT2D eigenvalue weighted by Crippen LogP contribution is 2.34. The Kier molecular flexibility index (Phi) is 7.89. The number of pyridine rings is 2. The molecule has 13 heteroatoms. The topological polar surface area (TPSA) is 88.4 Å². The van der Waals surface area contributed by atoms with E-state index < -0.39 is 35.8 Å². The van der Waals surface area contributed by atoms with Crippen molar-refractivity contribution in [2.45, 2.75) is 12.6 Å². The second-order valence-electron chi connectivity index (χ2n) is 7.01. The quantitative estimate of drug-likeness (QED) is 0.327. The summed E-state index contributed by atoms with van der Waals surface area (Å²) in [6, 6.07) is 12.0. The molecule has 182 valence electrons. The van der Waals surface area contributed by atoms with Crippen LogP contribution >= 0.6 is 35.6 Å². The number of halogens is 6. The molecule has 0 aliphatic rings. The monoisotopic (exact) mass is 543 g/mol. The Morgan fingerprint density at radius 2 is 1.69 bits per heavy atom. The van der Waals surface area contributed by atoms with Gasteiger partial charge in [0.15, 0.2) is 11.3 Å². The standard InChI is InChI=1S/C22H14Cl2F3N5O2.ClH/c23-12-5-3-6-13(24)18(12)21(34)29-14-7-4-10-32-15(19(22(25,26)27)31-20(14)32)11-17(33)30-16-8-1-2-9-28-16;/h1-10H,11H2,(H,29,34)(H,28,30,33);1H. The highest BCUT2D eigenvalue weighted by molar-refractivity contribution is 6.40. The summed E-state index contributed by atoms with van der Waals surface area (Å²) in [5.41, 5.74) is -1.91. The third-order valence-corrected chi connectivity index (χ3v) is 5.35. The molecule has 0 fully saturated rings. The Labute approximate surface area is 212 Å². The largest absolute Gasteiger partial charge is 0.435 e. The lowest BCUT2D eigenvalue weighted by molar-refractivity contribution is -0.141. The van der Waals surface area contributed by atoms with Gasteiger partial charge in [-0.05, 0) is 36.4 Å². The maximum atomic E-state index is 13.8. The lowest BCUT2D eigenvalue weighted by Gasteiger charge is -2.10. The summed E-state index contributed by atoms with van der Waals surface area (Å²) in [5, 5.41) is 5.09. The van der Waals surface area contributed by atoms with Crippen molar-refractivity contribution >= 4 is 64.6 Å². The summed E-state index contributed by atoms with van der Waals surface area (Å²) in [7, 11) is 0. The highest BCUT2D eigenvalue weighted by Gasteiger charge is 2.38. The van der Waals surface area contributed by atoms with Crippen LogP contribution in [0.4, 0.5) is 24.7 Å². The third kappa shape index (κ3) is 5.67. The van der Waals surface area contributed by atoms with E-state index in [4.69, 9.17) is 23.2 Å². The Bertz CT molecular complexity index is 1370. The van der Waals surface area contributed by atoms with E-state index in [0.717, 1.165) is 4.40 Å². The maximum Gasteiger partial charge on any atom is 0.435 e. The van der Waals surface area contributed by atoms with Gasteiger partial charge in [-0.3, -0.25) is 9.59 Å². The predicted octanol–water partition coefficient (Wildman–Crippen LogP) is 5.91.